The summed E-state index contributed by atoms with van der Waals surface area (Å²) in [6.45, 7) is 4.14. The van der Waals surface area contributed by atoms with Crippen molar-refractivity contribution in [1.29, 1.82) is 0 Å². The predicted octanol–water partition coefficient (Wildman–Crippen LogP) is 1.26. The van der Waals surface area contributed by atoms with Crippen LogP contribution in [0.25, 0.3) is 11.0 Å². The fourth-order valence-corrected chi connectivity index (χ4v) is 4.28. The maximum Gasteiger partial charge on any atom is 0.341 e. The third-order valence-corrected chi connectivity index (χ3v) is 5.76. The Morgan fingerprint density at radius 2 is 1.93 bits per heavy atom. The summed E-state index contributed by atoms with van der Waals surface area (Å²) in [6, 6.07) is 5.87. The summed E-state index contributed by atoms with van der Waals surface area (Å²) in [4.78, 5) is 53.3. The van der Waals surface area contributed by atoms with Gasteiger partial charge in [-0.2, -0.15) is 0 Å². The molecule has 2 aliphatic rings. The number of anilines is 1. The van der Waals surface area contributed by atoms with Crippen LogP contribution in [-0.2, 0) is 16.0 Å². The molecule has 1 aromatic carbocycles. The van der Waals surface area contributed by atoms with E-state index in [0.29, 0.717) is 17.8 Å². The number of imide groups is 2. The van der Waals surface area contributed by atoms with Crippen LogP contribution in [0.1, 0.15) is 19.4 Å². The lowest BCUT2D eigenvalue weighted by molar-refractivity contribution is -0.152. The van der Waals surface area contributed by atoms with Gasteiger partial charge in [0.05, 0.1) is 11.3 Å². The Hall–Kier alpha value is -3.16. The average molecular weight is 369 g/mol. The van der Waals surface area contributed by atoms with Crippen molar-refractivity contribution in [3.8, 4) is 0 Å². The molecule has 2 aromatic rings. The van der Waals surface area contributed by atoms with Crippen LogP contribution in [0.2, 0.25) is 0 Å². The van der Waals surface area contributed by atoms with Crippen LogP contribution in [0.4, 0.5) is 10.5 Å². The zero-order valence-electron chi connectivity index (χ0n) is 15.2. The Morgan fingerprint density at radius 1 is 1.22 bits per heavy atom. The lowest BCUT2D eigenvalue weighted by atomic mass is 9.69. The highest BCUT2D eigenvalue weighted by Crippen LogP contribution is 2.45. The average Bonchev–Trinajstić information content (AvgIpc) is 2.65. The molecule has 1 fully saturated rings. The number of carbonyl (C=O) groups excluding carboxylic acids is 3. The first-order chi connectivity index (χ1) is 12.8. The van der Waals surface area contributed by atoms with E-state index in [9.17, 15) is 19.2 Å². The number of urea groups is 1. The second-order valence-corrected chi connectivity index (χ2v) is 6.95. The maximum atomic E-state index is 13.1. The highest BCUT2D eigenvalue weighted by Gasteiger charge is 2.60. The molecule has 27 heavy (non-hydrogen) atoms. The highest BCUT2D eigenvalue weighted by atomic mass is 16.4. The standard InChI is InChI=1S/C19H19N3O5/c1-4-22-10(2)19(16(24)20-18(26)21(3)17(19)25)9-12-14(22)11-7-5-6-8-13(11)27-15(12)23/h5-8,10H,4,9H2,1-3H3,(H,20,24,26). The van der Waals surface area contributed by atoms with E-state index in [1.54, 1.807) is 19.1 Å². The van der Waals surface area contributed by atoms with Gasteiger partial charge in [0.15, 0.2) is 5.41 Å². The SMILES string of the molecule is CCN1c2c(c(=O)oc3ccccc23)CC2(C(=O)NC(=O)N(C)C2=O)C1C. The van der Waals surface area contributed by atoms with Gasteiger partial charge in [-0.25, -0.2) is 9.59 Å². The number of barbiturate groups is 1. The molecule has 1 saturated heterocycles. The summed E-state index contributed by atoms with van der Waals surface area (Å²) >= 11 is 0. The Labute approximate surface area is 154 Å². The number of nitrogens with zero attached hydrogens (tertiary/aromatic N) is 2. The van der Waals surface area contributed by atoms with Gasteiger partial charge in [-0.3, -0.25) is 19.8 Å². The molecule has 0 saturated carbocycles. The number of benzene rings is 1. The van der Waals surface area contributed by atoms with E-state index in [1.165, 1.54) is 7.05 Å². The van der Waals surface area contributed by atoms with Crippen molar-refractivity contribution < 1.29 is 18.8 Å². The quantitative estimate of drug-likeness (QED) is 0.600. The predicted molar refractivity (Wildman–Crippen MR) is 97.4 cm³/mol. The maximum absolute atomic E-state index is 13.1. The number of amides is 4. The topological polar surface area (TPSA) is 99.9 Å². The first-order valence-electron chi connectivity index (χ1n) is 8.77. The van der Waals surface area contributed by atoms with E-state index >= 15 is 0 Å². The second-order valence-electron chi connectivity index (χ2n) is 6.95. The first-order valence-corrected chi connectivity index (χ1v) is 8.77. The third kappa shape index (κ3) is 2.09. The molecule has 3 heterocycles. The van der Waals surface area contributed by atoms with E-state index < -0.39 is 34.9 Å². The molecule has 140 valence electrons. The van der Waals surface area contributed by atoms with Crippen molar-refractivity contribution >= 4 is 34.5 Å². The smallest absolute Gasteiger partial charge is 0.341 e. The molecule has 2 unspecified atom stereocenters. The normalized spacial score (nSPS) is 25.1. The van der Waals surface area contributed by atoms with E-state index in [-0.39, 0.29) is 12.0 Å². The van der Waals surface area contributed by atoms with Gasteiger partial charge in [-0.15, -0.1) is 0 Å². The number of nitrogens with one attached hydrogen (secondary N) is 1. The van der Waals surface area contributed by atoms with Crippen LogP contribution in [0.3, 0.4) is 0 Å². The summed E-state index contributed by atoms with van der Waals surface area (Å²) in [5.41, 5.74) is -0.728. The minimum absolute atomic E-state index is 0.116. The van der Waals surface area contributed by atoms with Gasteiger partial charge < -0.3 is 9.32 Å². The van der Waals surface area contributed by atoms with Crippen LogP contribution in [0, 0.1) is 5.41 Å². The number of para-hydroxylation sites is 1. The largest absolute Gasteiger partial charge is 0.422 e. The summed E-state index contributed by atoms with van der Waals surface area (Å²) in [5, 5.41) is 3.00. The van der Waals surface area contributed by atoms with E-state index in [0.717, 1.165) is 10.3 Å². The minimum atomic E-state index is -1.57. The zero-order chi connectivity index (χ0) is 19.5. The summed E-state index contributed by atoms with van der Waals surface area (Å²) < 4.78 is 5.43. The molecule has 8 heteroatoms. The van der Waals surface area contributed by atoms with Crippen molar-refractivity contribution in [1.82, 2.24) is 10.2 Å². The number of rotatable bonds is 1. The van der Waals surface area contributed by atoms with Gasteiger partial charge >= 0.3 is 11.7 Å². The van der Waals surface area contributed by atoms with Gasteiger partial charge in [0, 0.05) is 31.4 Å². The molecule has 0 bridgehead atoms. The molecule has 0 radical (unpaired) electrons. The fourth-order valence-electron chi connectivity index (χ4n) is 4.28. The molecule has 0 aliphatic carbocycles. The molecule has 1 N–H and O–H groups in total. The lowest BCUT2D eigenvalue weighted by Gasteiger charge is -2.49. The summed E-state index contributed by atoms with van der Waals surface area (Å²) in [7, 11) is 1.33. The molecule has 2 aliphatic heterocycles. The molecule has 4 rings (SSSR count). The molecule has 4 amide bonds. The highest BCUT2D eigenvalue weighted by molar-refractivity contribution is 6.20. The fraction of sp³-hybridized carbons (Fsp3) is 0.368. The lowest BCUT2D eigenvalue weighted by Crippen LogP contribution is -2.71. The van der Waals surface area contributed by atoms with Gasteiger partial charge in [0.1, 0.15) is 5.58 Å². The second kappa shape index (κ2) is 5.67. The van der Waals surface area contributed by atoms with E-state index in [2.05, 4.69) is 5.32 Å². The van der Waals surface area contributed by atoms with Gasteiger partial charge in [-0.05, 0) is 26.0 Å². The molecule has 8 nitrogen and oxygen atoms in total. The minimum Gasteiger partial charge on any atom is -0.422 e. The summed E-state index contributed by atoms with van der Waals surface area (Å²) in [6.07, 6.45) is -0.116. The van der Waals surface area contributed by atoms with Crippen LogP contribution in [0.5, 0.6) is 0 Å². The Kier molecular flexibility index (Phi) is 3.62. The van der Waals surface area contributed by atoms with Crippen LogP contribution >= 0.6 is 0 Å². The number of hydrogen-bond acceptors (Lipinski definition) is 6. The van der Waals surface area contributed by atoms with Crippen molar-refractivity contribution in [3.05, 3.63) is 40.2 Å². The van der Waals surface area contributed by atoms with E-state index in [4.69, 9.17) is 4.42 Å². The zero-order valence-corrected chi connectivity index (χ0v) is 15.2. The van der Waals surface area contributed by atoms with Crippen molar-refractivity contribution in [2.45, 2.75) is 26.3 Å². The number of fused-ring (bicyclic) bond motifs is 3. The molecule has 1 aromatic heterocycles. The summed E-state index contributed by atoms with van der Waals surface area (Å²) in [5.74, 6) is -1.29. The Morgan fingerprint density at radius 3 is 2.63 bits per heavy atom. The van der Waals surface area contributed by atoms with Gasteiger partial charge in [0.25, 0.3) is 0 Å². The molecular weight excluding hydrogens is 350 g/mol. The van der Waals surface area contributed by atoms with E-state index in [1.807, 2.05) is 24.0 Å². The van der Waals surface area contributed by atoms with Crippen molar-refractivity contribution in [2.24, 2.45) is 5.41 Å². The number of carbonyl (C=O) groups is 3. The van der Waals surface area contributed by atoms with Gasteiger partial charge in [-0.1, -0.05) is 12.1 Å². The molecule has 2 atom stereocenters. The first kappa shape index (κ1) is 17.3. The molecular formula is C19H19N3O5. The van der Waals surface area contributed by atoms with Crippen LogP contribution in [0.15, 0.2) is 33.5 Å². The molecule has 1 spiro atoms. The van der Waals surface area contributed by atoms with Crippen LogP contribution < -0.4 is 15.8 Å². The Bertz CT molecular complexity index is 1060. The number of hydrogen-bond donors (Lipinski definition) is 1. The third-order valence-electron chi connectivity index (χ3n) is 5.76. The Balaban J connectivity index is 2.02. The van der Waals surface area contributed by atoms with Crippen molar-refractivity contribution in [3.63, 3.8) is 0 Å². The van der Waals surface area contributed by atoms with Crippen LogP contribution in [-0.4, -0.2) is 42.4 Å². The van der Waals surface area contributed by atoms with Gasteiger partial charge in [0.2, 0.25) is 11.8 Å². The van der Waals surface area contributed by atoms with Crippen molar-refractivity contribution in [2.75, 3.05) is 18.5 Å². The monoisotopic (exact) mass is 369 g/mol.